The molecule has 0 saturated heterocycles. The normalized spacial score (nSPS) is 15.3. The summed E-state index contributed by atoms with van der Waals surface area (Å²) in [6.45, 7) is 3.30. The number of hydrogen-bond acceptors (Lipinski definition) is 8. The first-order valence-corrected chi connectivity index (χ1v) is 12.5. The van der Waals surface area contributed by atoms with Crippen molar-refractivity contribution in [2.24, 2.45) is 10.7 Å². The van der Waals surface area contributed by atoms with Crippen molar-refractivity contribution in [1.82, 2.24) is 24.5 Å². The van der Waals surface area contributed by atoms with E-state index in [0.717, 1.165) is 30.2 Å². The second-order valence-electron chi connectivity index (χ2n) is 9.55. The number of rotatable bonds is 7. The number of pyridine rings is 1. The molecule has 5 rings (SSSR count). The minimum absolute atomic E-state index is 0.107. The molecule has 2 N–H and O–H groups in total. The number of aromatic nitrogens is 5. The van der Waals surface area contributed by atoms with Gasteiger partial charge in [-0.3, -0.25) is 14.4 Å². The van der Waals surface area contributed by atoms with Gasteiger partial charge in [0.15, 0.2) is 5.82 Å². The summed E-state index contributed by atoms with van der Waals surface area (Å²) >= 11 is 0. The summed E-state index contributed by atoms with van der Waals surface area (Å²) in [4.78, 5) is 35.4. The van der Waals surface area contributed by atoms with E-state index >= 15 is 0 Å². The van der Waals surface area contributed by atoms with Crippen molar-refractivity contribution in [1.29, 1.82) is 0 Å². The third kappa shape index (κ3) is 5.42. The fourth-order valence-corrected chi connectivity index (χ4v) is 4.47. The molecule has 1 aliphatic rings. The Bertz CT molecular complexity index is 1690. The highest BCUT2D eigenvalue weighted by Gasteiger charge is 2.32. The lowest BCUT2D eigenvalue weighted by Gasteiger charge is -2.18. The first-order valence-electron chi connectivity index (χ1n) is 12.5. The van der Waals surface area contributed by atoms with Crippen LogP contribution >= 0.6 is 0 Å². The lowest BCUT2D eigenvalue weighted by atomic mass is 10.1. The standard InChI is InChI=1S/C28H26F3N7O2/c1-15(12-21(32)28(29,30)31)36-20-9-6-17(7-10-20)16(2)38-22(39)11-8-19-13-33-25(37-26(19)38)23-24(18-4-5-18)34-14-35-27(23)40-3/h6-14,16,18H,4-5,32H2,1-3H3. The van der Waals surface area contributed by atoms with Gasteiger partial charge in [-0.05, 0) is 56.5 Å². The Morgan fingerprint density at radius 1 is 1.15 bits per heavy atom. The van der Waals surface area contributed by atoms with Gasteiger partial charge in [-0.1, -0.05) is 12.1 Å². The number of alkyl halides is 3. The van der Waals surface area contributed by atoms with Gasteiger partial charge in [0, 0.05) is 29.3 Å². The maximum atomic E-state index is 13.1. The Morgan fingerprint density at radius 2 is 1.88 bits per heavy atom. The number of hydrogen-bond donors (Lipinski definition) is 1. The third-order valence-electron chi connectivity index (χ3n) is 6.65. The molecule has 3 aromatic heterocycles. The molecule has 0 bridgehead atoms. The highest BCUT2D eigenvalue weighted by molar-refractivity contribution is 5.95. The molecule has 3 heterocycles. The average Bonchev–Trinajstić information content (AvgIpc) is 3.77. The van der Waals surface area contributed by atoms with Crippen LogP contribution in [-0.2, 0) is 0 Å². The SMILES string of the molecule is COc1ncnc(C2CC2)c1-c1ncc2ccc(=O)n(C(C)c3ccc(N=C(C)C=C(N)C(F)(F)F)cc3)c2n1. The minimum Gasteiger partial charge on any atom is -0.480 e. The lowest BCUT2D eigenvalue weighted by molar-refractivity contribution is -0.0925. The van der Waals surface area contributed by atoms with E-state index in [4.69, 9.17) is 15.5 Å². The van der Waals surface area contributed by atoms with Crippen LogP contribution in [0.3, 0.4) is 0 Å². The van der Waals surface area contributed by atoms with Crippen LogP contribution in [0.1, 0.15) is 49.9 Å². The van der Waals surface area contributed by atoms with Gasteiger partial charge in [0.1, 0.15) is 23.2 Å². The van der Waals surface area contributed by atoms with E-state index in [1.54, 1.807) is 41.1 Å². The molecule has 40 heavy (non-hydrogen) atoms. The highest BCUT2D eigenvalue weighted by atomic mass is 19.4. The number of halogens is 3. The van der Waals surface area contributed by atoms with Crippen LogP contribution in [0.5, 0.6) is 5.88 Å². The molecular weight excluding hydrogens is 523 g/mol. The smallest absolute Gasteiger partial charge is 0.430 e. The quantitative estimate of drug-likeness (QED) is 0.313. The van der Waals surface area contributed by atoms with Crippen molar-refractivity contribution in [3.63, 3.8) is 0 Å². The van der Waals surface area contributed by atoms with Gasteiger partial charge in [0.05, 0.1) is 24.5 Å². The zero-order valence-electron chi connectivity index (χ0n) is 22.0. The van der Waals surface area contributed by atoms with Gasteiger partial charge >= 0.3 is 6.18 Å². The van der Waals surface area contributed by atoms with Crippen molar-refractivity contribution in [3.8, 4) is 17.3 Å². The van der Waals surface area contributed by atoms with Crippen molar-refractivity contribution in [3.05, 3.63) is 82.3 Å². The van der Waals surface area contributed by atoms with Gasteiger partial charge in [-0.25, -0.2) is 19.9 Å². The van der Waals surface area contributed by atoms with E-state index in [2.05, 4.69) is 19.9 Å². The fourth-order valence-electron chi connectivity index (χ4n) is 4.47. The maximum absolute atomic E-state index is 13.1. The summed E-state index contributed by atoms with van der Waals surface area (Å²) in [5.41, 5.74) is 6.80. The van der Waals surface area contributed by atoms with Gasteiger partial charge in [0.2, 0.25) is 5.88 Å². The molecule has 1 aliphatic carbocycles. The van der Waals surface area contributed by atoms with Gasteiger partial charge in [-0.2, -0.15) is 13.2 Å². The number of fused-ring (bicyclic) bond motifs is 1. The highest BCUT2D eigenvalue weighted by Crippen LogP contribution is 2.44. The predicted octanol–water partition coefficient (Wildman–Crippen LogP) is 5.24. The molecule has 1 unspecified atom stereocenters. The van der Waals surface area contributed by atoms with Crippen LogP contribution in [0.25, 0.3) is 22.4 Å². The summed E-state index contributed by atoms with van der Waals surface area (Å²) in [5, 5.41) is 0.671. The summed E-state index contributed by atoms with van der Waals surface area (Å²) in [5.74, 6) is 1.02. The van der Waals surface area contributed by atoms with E-state index < -0.39 is 17.9 Å². The summed E-state index contributed by atoms with van der Waals surface area (Å²) in [7, 11) is 1.53. The number of aliphatic imine (C=N–C) groups is 1. The summed E-state index contributed by atoms with van der Waals surface area (Å²) in [6.07, 6.45) is 1.30. The zero-order valence-corrected chi connectivity index (χ0v) is 22.0. The van der Waals surface area contributed by atoms with Gasteiger partial charge in [-0.15, -0.1) is 0 Å². The Kier molecular flexibility index (Phi) is 7.09. The van der Waals surface area contributed by atoms with Crippen LogP contribution < -0.4 is 16.0 Å². The van der Waals surface area contributed by atoms with Crippen molar-refractivity contribution < 1.29 is 17.9 Å². The Morgan fingerprint density at radius 3 is 2.52 bits per heavy atom. The largest absolute Gasteiger partial charge is 0.480 e. The molecule has 1 atom stereocenters. The molecular formula is C28H26F3N7O2. The second kappa shape index (κ2) is 10.5. The topological polar surface area (TPSA) is 121 Å². The van der Waals surface area contributed by atoms with Crippen LogP contribution in [0, 0.1) is 0 Å². The third-order valence-corrected chi connectivity index (χ3v) is 6.65. The fraction of sp³-hybridized carbons (Fsp3) is 0.286. The first-order chi connectivity index (χ1) is 19.1. The number of ether oxygens (including phenoxy) is 1. The first kappa shape index (κ1) is 27.0. The monoisotopic (exact) mass is 549 g/mol. The van der Waals surface area contributed by atoms with Crippen LogP contribution in [0.2, 0.25) is 0 Å². The molecule has 1 saturated carbocycles. The van der Waals surface area contributed by atoms with Crippen LogP contribution in [0.15, 0.2) is 70.5 Å². The molecule has 0 aliphatic heterocycles. The predicted molar refractivity (Wildman–Crippen MR) is 145 cm³/mol. The van der Waals surface area contributed by atoms with Crippen LogP contribution in [-0.4, -0.2) is 43.5 Å². The Hall–Kier alpha value is -4.61. The Labute approximate surface area is 227 Å². The van der Waals surface area contributed by atoms with Crippen molar-refractivity contribution >= 4 is 22.4 Å². The number of allylic oxidation sites excluding steroid dienone is 2. The maximum Gasteiger partial charge on any atom is 0.430 e. The van der Waals surface area contributed by atoms with E-state index in [1.165, 1.54) is 26.4 Å². The van der Waals surface area contributed by atoms with Crippen molar-refractivity contribution in [2.75, 3.05) is 7.11 Å². The molecule has 1 fully saturated rings. The van der Waals surface area contributed by atoms with E-state index in [1.807, 2.05) is 6.92 Å². The number of benzene rings is 1. The molecule has 9 nitrogen and oxygen atoms in total. The Balaban J connectivity index is 1.53. The van der Waals surface area contributed by atoms with E-state index in [0.29, 0.717) is 34.0 Å². The van der Waals surface area contributed by atoms with Gasteiger partial charge < -0.3 is 10.5 Å². The molecule has 4 aromatic rings. The molecule has 12 heteroatoms. The molecule has 206 valence electrons. The molecule has 1 aromatic carbocycles. The number of methoxy groups -OCH3 is 1. The van der Waals surface area contributed by atoms with E-state index in [9.17, 15) is 18.0 Å². The molecule has 0 amide bonds. The van der Waals surface area contributed by atoms with Crippen molar-refractivity contribution in [2.45, 2.75) is 44.8 Å². The second-order valence-corrected chi connectivity index (χ2v) is 9.55. The van der Waals surface area contributed by atoms with Gasteiger partial charge in [0.25, 0.3) is 5.56 Å². The molecule has 0 radical (unpaired) electrons. The summed E-state index contributed by atoms with van der Waals surface area (Å²) < 4.78 is 45.2. The number of nitrogens with zero attached hydrogens (tertiary/aromatic N) is 6. The van der Waals surface area contributed by atoms with Crippen LogP contribution in [0.4, 0.5) is 18.9 Å². The molecule has 0 spiro atoms. The average molecular weight is 550 g/mol. The number of nitrogens with two attached hydrogens (primary N) is 1. The minimum atomic E-state index is -4.62. The summed E-state index contributed by atoms with van der Waals surface area (Å²) in [6, 6.07) is 9.56. The van der Waals surface area contributed by atoms with E-state index in [-0.39, 0.29) is 17.2 Å². The zero-order chi connectivity index (χ0) is 28.6. The lowest BCUT2D eigenvalue weighted by Crippen LogP contribution is -2.24.